The van der Waals surface area contributed by atoms with E-state index in [1.54, 1.807) is 11.0 Å². The standard InChI is InChI=1S/C22H18N4O2S2/c1-3-13-28-18-12-8-7-9-16(18)14-19-20(27)26(17-10-5-4-6-11-17)22(30-19)23-21-25-24-15(2)29-21/h3-12,14H,1,13H2,2H3/b19-14-,23-22+. The molecule has 0 saturated carbocycles. The first-order chi connectivity index (χ1) is 14.7. The third-order valence-corrected chi connectivity index (χ3v) is 5.79. The molecule has 2 aromatic carbocycles. The van der Waals surface area contributed by atoms with Crippen molar-refractivity contribution < 1.29 is 9.53 Å². The Kier molecular flexibility index (Phi) is 6.06. The van der Waals surface area contributed by atoms with Crippen LogP contribution in [0.4, 0.5) is 10.8 Å². The number of para-hydroxylation sites is 2. The van der Waals surface area contributed by atoms with Gasteiger partial charge in [0.15, 0.2) is 5.17 Å². The molecule has 150 valence electrons. The molecule has 30 heavy (non-hydrogen) atoms. The van der Waals surface area contributed by atoms with Crippen LogP contribution in [0.3, 0.4) is 0 Å². The largest absolute Gasteiger partial charge is 0.489 e. The second-order valence-electron chi connectivity index (χ2n) is 6.22. The highest BCUT2D eigenvalue weighted by Gasteiger charge is 2.35. The maximum atomic E-state index is 13.3. The summed E-state index contributed by atoms with van der Waals surface area (Å²) in [5, 5.41) is 9.95. The van der Waals surface area contributed by atoms with E-state index in [2.05, 4.69) is 21.8 Å². The number of hydrogen-bond acceptors (Lipinski definition) is 7. The maximum absolute atomic E-state index is 13.3. The highest BCUT2D eigenvalue weighted by atomic mass is 32.2. The first-order valence-corrected chi connectivity index (χ1v) is 10.8. The Labute approximate surface area is 182 Å². The maximum Gasteiger partial charge on any atom is 0.271 e. The number of benzene rings is 2. The summed E-state index contributed by atoms with van der Waals surface area (Å²) < 4.78 is 5.72. The van der Waals surface area contributed by atoms with Crippen molar-refractivity contribution in [1.29, 1.82) is 0 Å². The van der Waals surface area contributed by atoms with E-state index < -0.39 is 0 Å². The number of thioether (sulfide) groups is 1. The summed E-state index contributed by atoms with van der Waals surface area (Å²) >= 11 is 2.68. The molecule has 8 heteroatoms. The van der Waals surface area contributed by atoms with Gasteiger partial charge < -0.3 is 4.74 Å². The monoisotopic (exact) mass is 434 g/mol. The van der Waals surface area contributed by atoms with Gasteiger partial charge in [0.1, 0.15) is 17.4 Å². The predicted molar refractivity (Wildman–Crippen MR) is 123 cm³/mol. The van der Waals surface area contributed by atoms with Crippen LogP contribution in [0.15, 0.2) is 77.1 Å². The number of aryl methyl sites for hydroxylation is 1. The minimum absolute atomic E-state index is 0.148. The van der Waals surface area contributed by atoms with Gasteiger partial charge in [0, 0.05) is 5.56 Å². The molecule has 6 nitrogen and oxygen atoms in total. The summed E-state index contributed by atoms with van der Waals surface area (Å²) in [5.74, 6) is 0.541. The van der Waals surface area contributed by atoms with Crippen molar-refractivity contribution in [3.8, 4) is 5.75 Å². The van der Waals surface area contributed by atoms with Gasteiger partial charge in [0.25, 0.3) is 5.91 Å². The Morgan fingerprint density at radius 2 is 1.90 bits per heavy atom. The molecule has 1 amide bonds. The summed E-state index contributed by atoms with van der Waals surface area (Å²) in [6.45, 7) is 5.94. The Bertz CT molecular complexity index is 1140. The first-order valence-electron chi connectivity index (χ1n) is 9.16. The fourth-order valence-electron chi connectivity index (χ4n) is 2.79. The number of ether oxygens (including phenoxy) is 1. The lowest BCUT2D eigenvalue weighted by Gasteiger charge is -2.14. The number of nitrogens with zero attached hydrogens (tertiary/aromatic N) is 4. The molecule has 1 aromatic heterocycles. The summed E-state index contributed by atoms with van der Waals surface area (Å²) in [4.78, 5) is 20.1. The molecule has 1 fully saturated rings. The number of amides is 1. The number of aliphatic imine (C=N–C) groups is 1. The van der Waals surface area contributed by atoms with E-state index in [1.165, 1.54) is 23.1 Å². The van der Waals surface area contributed by atoms with E-state index >= 15 is 0 Å². The van der Waals surface area contributed by atoms with Crippen molar-refractivity contribution in [1.82, 2.24) is 10.2 Å². The molecule has 0 spiro atoms. The average molecular weight is 435 g/mol. The van der Waals surface area contributed by atoms with Crippen LogP contribution in [0.1, 0.15) is 10.6 Å². The number of carbonyl (C=O) groups is 1. The number of carbonyl (C=O) groups excluding carboxylic acids is 1. The fourth-order valence-corrected chi connectivity index (χ4v) is 4.38. The molecule has 0 N–H and O–H groups in total. The number of rotatable bonds is 6. The summed E-state index contributed by atoms with van der Waals surface area (Å²) in [5.41, 5.74) is 1.56. The van der Waals surface area contributed by atoms with Crippen molar-refractivity contribution >= 4 is 51.1 Å². The van der Waals surface area contributed by atoms with Crippen molar-refractivity contribution in [2.45, 2.75) is 6.92 Å². The number of aromatic nitrogens is 2. The molecule has 1 saturated heterocycles. The SMILES string of the molecule is C=CCOc1ccccc1/C=C1\S/C(=N/c2nnc(C)s2)N(c2ccccc2)C1=O. The quantitative estimate of drug-likeness (QED) is 0.393. The van der Waals surface area contributed by atoms with Crippen LogP contribution >= 0.6 is 23.1 Å². The first kappa shape index (κ1) is 20.1. The van der Waals surface area contributed by atoms with Crippen molar-refractivity contribution in [3.63, 3.8) is 0 Å². The lowest BCUT2D eigenvalue weighted by Crippen LogP contribution is -2.28. The molecular weight excluding hydrogens is 416 g/mol. The number of anilines is 1. The third-order valence-electron chi connectivity index (χ3n) is 4.09. The lowest BCUT2D eigenvalue weighted by atomic mass is 10.2. The molecule has 0 bridgehead atoms. The summed E-state index contributed by atoms with van der Waals surface area (Å²) in [6.07, 6.45) is 3.51. The second-order valence-corrected chi connectivity index (χ2v) is 8.39. The molecule has 0 unspecified atom stereocenters. The third kappa shape index (κ3) is 4.34. The van der Waals surface area contributed by atoms with Crippen molar-refractivity contribution in [3.05, 3.63) is 82.7 Å². The van der Waals surface area contributed by atoms with Crippen molar-refractivity contribution in [2.75, 3.05) is 11.5 Å². The smallest absolute Gasteiger partial charge is 0.271 e. The van der Waals surface area contributed by atoms with E-state index in [0.29, 0.717) is 27.6 Å². The Hall–Kier alpha value is -3.23. The zero-order chi connectivity index (χ0) is 20.9. The van der Waals surface area contributed by atoms with Crippen LogP contribution in [0, 0.1) is 6.92 Å². The van der Waals surface area contributed by atoms with E-state index in [4.69, 9.17) is 4.74 Å². The zero-order valence-electron chi connectivity index (χ0n) is 16.2. The number of hydrogen-bond donors (Lipinski definition) is 0. The highest BCUT2D eigenvalue weighted by molar-refractivity contribution is 8.19. The van der Waals surface area contributed by atoms with E-state index in [1.807, 2.05) is 67.6 Å². The molecule has 0 radical (unpaired) electrons. The Morgan fingerprint density at radius 1 is 1.13 bits per heavy atom. The molecular formula is C22H18N4O2S2. The van der Waals surface area contributed by atoms with Gasteiger partial charge in [-0.15, -0.1) is 10.2 Å². The summed E-state index contributed by atoms with van der Waals surface area (Å²) in [7, 11) is 0. The van der Waals surface area contributed by atoms with Crippen LogP contribution in [-0.2, 0) is 4.79 Å². The minimum atomic E-state index is -0.148. The molecule has 0 aliphatic carbocycles. The Morgan fingerprint density at radius 3 is 2.63 bits per heavy atom. The van der Waals surface area contributed by atoms with Gasteiger partial charge in [0.2, 0.25) is 5.13 Å². The predicted octanol–water partition coefficient (Wildman–Crippen LogP) is 5.22. The van der Waals surface area contributed by atoms with Gasteiger partial charge in [0.05, 0.1) is 10.6 Å². The average Bonchev–Trinajstić information content (AvgIpc) is 3.30. The molecule has 1 aliphatic rings. The second kappa shape index (κ2) is 9.06. The fraction of sp³-hybridized carbons (Fsp3) is 0.0909. The van der Waals surface area contributed by atoms with Gasteiger partial charge in [-0.05, 0) is 43.0 Å². The summed E-state index contributed by atoms with van der Waals surface area (Å²) in [6, 6.07) is 17.0. The van der Waals surface area contributed by atoms with Gasteiger partial charge in [-0.2, -0.15) is 4.99 Å². The van der Waals surface area contributed by atoms with Gasteiger partial charge in [-0.1, -0.05) is 60.4 Å². The van der Waals surface area contributed by atoms with Crippen LogP contribution < -0.4 is 9.64 Å². The minimum Gasteiger partial charge on any atom is -0.489 e. The van der Waals surface area contributed by atoms with Crippen molar-refractivity contribution in [2.24, 2.45) is 4.99 Å². The van der Waals surface area contributed by atoms with E-state index in [0.717, 1.165) is 16.3 Å². The zero-order valence-corrected chi connectivity index (χ0v) is 17.8. The van der Waals surface area contributed by atoms with Gasteiger partial charge in [-0.3, -0.25) is 9.69 Å². The number of amidine groups is 1. The topological polar surface area (TPSA) is 67.7 Å². The van der Waals surface area contributed by atoms with Gasteiger partial charge >= 0.3 is 0 Å². The van der Waals surface area contributed by atoms with Crippen LogP contribution in [0.25, 0.3) is 6.08 Å². The van der Waals surface area contributed by atoms with Crippen LogP contribution in [0.2, 0.25) is 0 Å². The molecule has 2 heterocycles. The normalized spacial score (nSPS) is 16.4. The molecule has 3 aromatic rings. The van der Waals surface area contributed by atoms with E-state index in [9.17, 15) is 4.79 Å². The molecule has 4 rings (SSSR count). The molecule has 0 atom stereocenters. The van der Waals surface area contributed by atoms with Crippen LogP contribution in [0.5, 0.6) is 5.75 Å². The lowest BCUT2D eigenvalue weighted by molar-refractivity contribution is -0.113. The Balaban J connectivity index is 1.74. The van der Waals surface area contributed by atoms with Gasteiger partial charge in [-0.25, -0.2) is 0 Å². The van der Waals surface area contributed by atoms with E-state index in [-0.39, 0.29) is 5.91 Å². The van der Waals surface area contributed by atoms with Crippen LogP contribution in [-0.4, -0.2) is 27.9 Å². The molecule has 1 aliphatic heterocycles. The highest BCUT2D eigenvalue weighted by Crippen LogP contribution is 2.38.